The summed E-state index contributed by atoms with van der Waals surface area (Å²) < 4.78 is 14.1. The summed E-state index contributed by atoms with van der Waals surface area (Å²) in [6.07, 6.45) is 6.13. The lowest BCUT2D eigenvalue weighted by Gasteiger charge is -2.44. The molecule has 1 unspecified atom stereocenters. The molecule has 1 fully saturated rings. The summed E-state index contributed by atoms with van der Waals surface area (Å²) in [7, 11) is 1.95. The van der Waals surface area contributed by atoms with Crippen LogP contribution in [0.1, 0.15) is 52.6 Å². The number of aromatic amines is 1. The van der Waals surface area contributed by atoms with Crippen molar-refractivity contribution in [3.8, 4) is 16.9 Å². The number of nitrogens with zero attached hydrogens (tertiary/aromatic N) is 2. The summed E-state index contributed by atoms with van der Waals surface area (Å²) in [4.78, 5) is 13.2. The summed E-state index contributed by atoms with van der Waals surface area (Å²) in [5, 5.41) is 10.5. The van der Waals surface area contributed by atoms with Crippen molar-refractivity contribution in [2.75, 3.05) is 13.2 Å². The van der Waals surface area contributed by atoms with E-state index in [1.165, 1.54) is 0 Å². The van der Waals surface area contributed by atoms with Crippen LogP contribution < -0.4 is 10.1 Å². The van der Waals surface area contributed by atoms with Crippen molar-refractivity contribution >= 4 is 5.91 Å². The summed E-state index contributed by atoms with van der Waals surface area (Å²) in [5.41, 5.74) is 5.49. The van der Waals surface area contributed by atoms with Crippen molar-refractivity contribution in [1.82, 2.24) is 20.1 Å². The van der Waals surface area contributed by atoms with Crippen LogP contribution >= 0.6 is 0 Å². The van der Waals surface area contributed by atoms with Gasteiger partial charge in [-0.3, -0.25) is 9.89 Å². The first-order valence-electron chi connectivity index (χ1n) is 10.8. The quantitative estimate of drug-likeness (QED) is 0.675. The molecule has 7 nitrogen and oxygen atoms in total. The Morgan fingerprint density at radius 1 is 1.26 bits per heavy atom. The first-order valence-corrected chi connectivity index (χ1v) is 10.8. The van der Waals surface area contributed by atoms with Crippen LogP contribution in [0.2, 0.25) is 0 Å². The van der Waals surface area contributed by atoms with Crippen LogP contribution in [-0.2, 0) is 11.8 Å². The molecule has 0 radical (unpaired) electrons. The minimum absolute atomic E-state index is 0.0527. The van der Waals surface area contributed by atoms with Crippen LogP contribution in [0.25, 0.3) is 11.1 Å². The molecule has 1 spiro atoms. The molecule has 1 saturated heterocycles. The number of rotatable bonds is 3. The van der Waals surface area contributed by atoms with Gasteiger partial charge in [0.05, 0.1) is 31.0 Å². The fourth-order valence-corrected chi connectivity index (χ4v) is 4.74. The molecule has 1 amide bonds. The minimum atomic E-state index is -0.304. The van der Waals surface area contributed by atoms with E-state index in [1.54, 1.807) is 0 Å². The molecule has 2 aliphatic heterocycles. The van der Waals surface area contributed by atoms with Gasteiger partial charge in [0.15, 0.2) is 0 Å². The van der Waals surface area contributed by atoms with Gasteiger partial charge in [0, 0.05) is 55.0 Å². The predicted molar refractivity (Wildman–Crippen MR) is 117 cm³/mol. The Morgan fingerprint density at radius 2 is 2.06 bits per heavy atom. The van der Waals surface area contributed by atoms with E-state index in [-0.39, 0.29) is 17.6 Å². The van der Waals surface area contributed by atoms with Crippen molar-refractivity contribution in [2.45, 2.75) is 44.8 Å². The number of aromatic nitrogens is 3. The standard InChI is InChI=1S/C24H28N4O3/c1-15-20(14-25-27-15)17-4-5-22-19(12-17)21(13-24(31-22)7-10-30-11-8-24)26-23(29)18-6-9-28(3)16(18)2/h4-6,9,12,14,21H,7-8,10-11,13H2,1-3H3,(H,25,27)(H,26,29). The maximum Gasteiger partial charge on any atom is 0.253 e. The molecular weight excluding hydrogens is 392 g/mol. The maximum atomic E-state index is 13.2. The van der Waals surface area contributed by atoms with Gasteiger partial charge < -0.3 is 19.4 Å². The van der Waals surface area contributed by atoms with E-state index in [9.17, 15) is 4.79 Å². The number of amides is 1. The summed E-state index contributed by atoms with van der Waals surface area (Å²) in [5.74, 6) is 0.788. The Bertz CT molecular complexity index is 1120. The van der Waals surface area contributed by atoms with Gasteiger partial charge in [0.1, 0.15) is 11.4 Å². The third-order valence-corrected chi connectivity index (χ3v) is 6.77. The number of hydrogen-bond acceptors (Lipinski definition) is 4. The van der Waals surface area contributed by atoms with E-state index in [2.05, 4.69) is 27.6 Å². The van der Waals surface area contributed by atoms with Crippen molar-refractivity contribution < 1.29 is 14.3 Å². The van der Waals surface area contributed by atoms with E-state index in [4.69, 9.17) is 9.47 Å². The number of carbonyl (C=O) groups excluding carboxylic acids is 1. The molecule has 4 heterocycles. The highest BCUT2D eigenvalue weighted by Crippen LogP contribution is 2.45. The van der Waals surface area contributed by atoms with Gasteiger partial charge in [-0.05, 0) is 37.6 Å². The average Bonchev–Trinajstić information content (AvgIpc) is 3.33. The van der Waals surface area contributed by atoms with Crippen LogP contribution in [0.15, 0.2) is 36.7 Å². The van der Waals surface area contributed by atoms with E-state index in [1.807, 2.05) is 50.0 Å². The topological polar surface area (TPSA) is 81.2 Å². The predicted octanol–water partition coefficient (Wildman–Crippen LogP) is 3.83. The Labute approximate surface area is 181 Å². The van der Waals surface area contributed by atoms with Gasteiger partial charge >= 0.3 is 0 Å². The molecule has 0 bridgehead atoms. The highest BCUT2D eigenvalue weighted by Gasteiger charge is 2.43. The number of ether oxygens (including phenoxy) is 2. The molecule has 7 heteroatoms. The van der Waals surface area contributed by atoms with Crippen molar-refractivity contribution in [2.24, 2.45) is 7.05 Å². The lowest BCUT2D eigenvalue weighted by Crippen LogP contribution is -2.48. The smallest absolute Gasteiger partial charge is 0.253 e. The fourth-order valence-electron chi connectivity index (χ4n) is 4.74. The zero-order chi connectivity index (χ0) is 21.6. The summed E-state index contributed by atoms with van der Waals surface area (Å²) >= 11 is 0. The number of aryl methyl sites for hydroxylation is 2. The van der Waals surface area contributed by atoms with Gasteiger partial charge in [-0.2, -0.15) is 5.10 Å². The monoisotopic (exact) mass is 420 g/mol. The van der Waals surface area contributed by atoms with Gasteiger partial charge in [-0.25, -0.2) is 0 Å². The lowest BCUT2D eigenvalue weighted by atomic mass is 9.81. The van der Waals surface area contributed by atoms with Crippen molar-refractivity contribution in [3.63, 3.8) is 0 Å². The Morgan fingerprint density at radius 3 is 2.74 bits per heavy atom. The molecule has 1 atom stereocenters. The minimum Gasteiger partial charge on any atom is -0.487 e. The molecule has 2 aliphatic rings. The second-order valence-corrected chi connectivity index (χ2v) is 8.71. The molecule has 1 aromatic carbocycles. The van der Waals surface area contributed by atoms with E-state index in [0.29, 0.717) is 18.8 Å². The highest BCUT2D eigenvalue weighted by molar-refractivity contribution is 5.95. The zero-order valence-corrected chi connectivity index (χ0v) is 18.2. The maximum absolute atomic E-state index is 13.2. The number of nitrogens with one attached hydrogen (secondary N) is 2. The van der Waals surface area contributed by atoms with Crippen molar-refractivity contribution in [1.29, 1.82) is 0 Å². The van der Waals surface area contributed by atoms with Gasteiger partial charge in [0.2, 0.25) is 0 Å². The average molecular weight is 421 g/mol. The second kappa shape index (κ2) is 7.57. The Kier molecular flexibility index (Phi) is 4.85. The number of fused-ring (bicyclic) bond motifs is 1. The normalized spacial score (nSPS) is 19.6. The van der Waals surface area contributed by atoms with E-state index < -0.39 is 0 Å². The molecule has 5 rings (SSSR count). The first kappa shape index (κ1) is 19.9. The second-order valence-electron chi connectivity index (χ2n) is 8.71. The third kappa shape index (κ3) is 3.53. The fraction of sp³-hybridized carbons (Fsp3) is 0.417. The molecule has 31 heavy (non-hydrogen) atoms. The highest BCUT2D eigenvalue weighted by atomic mass is 16.5. The van der Waals surface area contributed by atoms with Crippen LogP contribution in [0, 0.1) is 13.8 Å². The number of hydrogen-bond donors (Lipinski definition) is 2. The summed E-state index contributed by atoms with van der Waals surface area (Å²) in [6.45, 7) is 5.33. The molecule has 3 aromatic rings. The summed E-state index contributed by atoms with van der Waals surface area (Å²) in [6, 6.07) is 7.96. The largest absolute Gasteiger partial charge is 0.487 e. The number of benzene rings is 1. The molecule has 2 aromatic heterocycles. The molecular formula is C24H28N4O3. The van der Waals surface area contributed by atoms with Crippen LogP contribution in [0.5, 0.6) is 5.75 Å². The Hall–Kier alpha value is -3.06. The first-order chi connectivity index (χ1) is 15.0. The van der Waals surface area contributed by atoms with E-state index >= 15 is 0 Å². The van der Waals surface area contributed by atoms with Crippen molar-refractivity contribution in [3.05, 3.63) is 59.2 Å². The molecule has 0 saturated carbocycles. The van der Waals surface area contributed by atoms with E-state index in [0.717, 1.165) is 53.1 Å². The Balaban J connectivity index is 1.52. The van der Waals surface area contributed by atoms with Gasteiger partial charge in [0.25, 0.3) is 5.91 Å². The number of carbonyl (C=O) groups is 1. The van der Waals surface area contributed by atoms with Crippen LogP contribution in [-0.4, -0.2) is 39.5 Å². The van der Waals surface area contributed by atoms with Gasteiger partial charge in [-0.1, -0.05) is 6.07 Å². The SMILES string of the molecule is Cc1[nH]ncc1-c1ccc2c(c1)C(NC(=O)c1ccn(C)c1C)CC1(CCOCC1)O2. The lowest BCUT2D eigenvalue weighted by molar-refractivity contribution is -0.0639. The zero-order valence-electron chi connectivity index (χ0n) is 18.2. The third-order valence-electron chi connectivity index (χ3n) is 6.77. The van der Waals surface area contributed by atoms with Gasteiger partial charge in [-0.15, -0.1) is 0 Å². The van der Waals surface area contributed by atoms with Crippen LogP contribution in [0.4, 0.5) is 0 Å². The molecule has 162 valence electrons. The molecule has 2 N–H and O–H groups in total. The van der Waals surface area contributed by atoms with Crippen LogP contribution in [0.3, 0.4) is 0 Å². The molecule has 0 aliphatic carbocycles. The number of H-pyrrole nitrogens is 1.